The van der Waals surface area contributed by atoms with E-state index in [0.29, 0.717) is 5.56 Å². The summed E-state index contributed by atoms with van der Waals surface area (Å²) >= 11 is 0. The second kappa shape index (κ2) is 5.88. The highest BCUT2D eigenvalue weighted by Gasteiger charge is 2.26. The molecule has 0 radical (unpaired) electrons. The summed E-state index contributed by atoms with van der Waals surface area (Å²) < 4.78 is 1.97. The van der Waals surface area contributed by atoms with Crippen molar-refractivity contribution in [3.8, 4) is 0 Å². The number of Topliss-reactive ketones (excluding diaryl/α,β-unsaturated/α-hetero) is 1. The summed E-state index contributed by atoms with van der Waals surface area (Å²) in [5.74, 6) is 0.0929. The Morgan fingerprint density at radius 3 is 2.56 bits per heavy atom. The van der Waals surface area contributed by atoms with Crippen LogP contribution in [-0.4, -0.2) is 22.8 Å². The van der Waals surface area contributed by atoms with Crippen LogP contribution in [0.2, 0.25) is 0 Å². The van der Waals surface area contributed by atoms with Gasteiger partial charge < -0.3 is 9.47 Å². The van der Waals surface area contributed by atoms with Crippen molar-refractivity contribution in [3.63, 3.8) is 0 Å². The standard InChI is InChI=1S/C21H20N2O2/c1-14-21(15(2)24)17-8-4-6-10-19(17)23(14)13-20(25)22-12-11-16-7-3-5-9-18(16)22/h3-10H,11-13H2,1-2H3. The number of hydrogen-bond donors (Lipinski definition) is 0. The van der Waals surface area contributed by atoms with Crippen molar-refractivity contribution in [2.75, 3.05) is 11.4 Å². The predicted molar refractivity (Wildman–Crippen MR) is 99.2 cm³/mol. The molecular weight excluding hydrogens is 312 g/mol. The van der Waals surface area contributed by atoms with E-state index in [4.69, 9.17) is 0 Å². The Hall–Kier alpha value is -2.88. The maximum absolute atomic E-state index is 13.0. The number of fused-ring (bicyclic) bond motifs is 2. The first-order chi connectivity index (χ1) is 12.1. The van der Waals surface area contributed by atoms with E-state index in [0.717, 1.165) is 35.2 Å². The second-order valence-electron chi connectivity index (χ2n) is 6.54. The molecule has 1 aliphatic heterocycles. The number of hydrogen-bond acceptors (Lipinski definition) is 2. The van der Waals surface area contributed by atoms with E-state index < -0.39 is 0 Å². The second-order valence-corrected chi connectivity index (χ2v) is 6.54. The molecule has 0 unspecified atom stereocenters. The maximum Gasteiger partial charge on any atom is 0.246 e. The van der Waals surface area contributed by atoms with Crippen molar-refractivity contribution in [2.24, 2.45) is 0 Å². The molecule has 4 nitrogen and oxygen atoms in total. The van der Waals surface area contributed by atoms with E-state index in [2.05, 4.69) is 6.07 Å². The monoisotopic (exact) mass is 332 g/mol. The van der Waals surface area contributed by atoms with Crippen molar-refractivity contribution >= 4 is 28.3 Å². The summed E-state index contributed by atoms with van der Waals surface area (Å²) in [5.41, 5.74) is 4.73. The smallest absolute Gasteiger partial charge is 0.246 e. The Bertz CT molecular complexity index is 1000. The van der Waals surface area contributed by atoms with Crippen LogP contribution in [0.4, 0.5) is 5.69 Å². The summed E-state index contributed by atoms with van der Waals surface area (Å²) in [7, 11) is 0. The van der Waals surface area contributed by atoms with Gasteiger partial charge in [0.15, 0.2) is 5.78 Å². The Morgan fingerprint density at radius 2 is 1.76 bits per heavy atom. The third kappa shape index (κ3) is 2.45. The van der Waals surface area contributed by atoms with Crippen LogP contribution in [0.3, 0.4) is 0 Å². The normalized spacial score (nSPS) is 13.3. The number of anilines is 1. The van der Waals surface area contributed by atoms with Gasteiger partial charge in [0.1, 0.15) is 6.54 Å². The molecule has 0 atom stereocenters. The molecule has 2 heterocycles. The average Bonchev–Trinajstić information content (AvgIpc) is 3.15. The lowest BCUT2D eigenvalue weighted by molar-refractivity contribution is -0.119. The third-order valence-electron chi connectivity index (χ3n) is 5.06. The number of amides is 1. The van der Waals surface area contributed by atoms with Gasteiger partial charge in [0.2, 0.25) is 5.91 Å². The Morgan fingerprint density at radius 1 is 1.04 bits per heavy atom. The van der Waals surface area contributed by atoms with Crippen molar-refractivity contribution in [2.45, 2.75) is 26.8 Å². The van der Waals surface area contributed by atoms with Crippen molar-refractivity contribution in [3.05, 3.63) is 65.4 Å². The van der Waals surface area contributed by atoms with Gasteiger partial charge >= 0.3 is 0 Å². The fourth-order valence-corrected chi connectivity index (χ4v) is 3.90. The van der Waals surface area contributed by atoms with Gasteiger partial charge in [0.05, 0.1) is 0 Å². The summed E-state index contributed by atoms with van der Waals surface area (Å²) in [6.45, 7) is 4.46. The minimum absolute atomic E-state index is 0.0337. The molecule has 0 spiro atoms. The molecule has 126 valence electrons. The largest absolute Gasteiger partial charge is 0.335 e. The Labute approximate surface area is 146 Å². The van der Waals surface area contributed by atoms with E-state index in [-0.39, 0.29) is 18.2 Å². The number of benzene rings is 2. The van der Waals surface area contributed by atoms with Gasteiger partial charge in [-0.2, -0.15) is 0 Å². The summed E-state index contributed by atoms with van der Waals surface area (Å²) in [5, 5.41) is 0.919. The Kier molecular flexibility index (Phi) is 3.68. The number of nitrogens with zero attached hydrogens (tertiary/aromatic N) is 2. The van der Waals surface area contributed by atoms with Crippen molar-refractivity contribution in [1.29, 1.82) is 0 Å². The van der Waals surface area contributed by atoms with Crippen LogP contribution in [0, 0.1) is 6.92 Å². The molecule has 4 rings (SSSR count). The molecule has 0 saturated carbocycles. The molecular formula is C21H20N2O2. The topological polar surface area (TPSA) is 42.3 Å². The highest BCUT2D eigenvalue weighted by molar-refractivity contribution is 6.09. The average molecular weight is 332 g/mol. The van der Waals surface area contributed by atoms with Crippen LogP contribution in [-0.2, 0) is 17.8 Å². The molecule has 1 aromatic heterocycles. The van der Waals surface area contributed by atoms with E-state index in [1.165, 1.54) is 5.56 Å². The van der Waals surface area contributed by atoms with Gasteiger partial charge in [-0.05, 0) is 38.0 Å². The summed E-state index contributed by atoms with van der Waals surface area (Å²) in [4.78, 5) is 26.9. The third-order valence-corrected chi connectivity index (χ3v) is 5.06. The number of ketones is 1. The van der Waals surface area contributed by atoms with Gasteiger partial charge in [-0.15, -0.1) is 0 Å². The van der Waals surface area contributed by atoms with E-state index >= 15 is 0 Å². The number of aromatic nitrogens is 1. The number of para-hydroxylation sites is 2. The minimum atomic E-state index is 0.0337. The zero-order valence-electron chi connectivity index (χ0n) is 14.5. The van der Waals surface area contributed by atoms with E-state index in [1.807, 2.05) is 58.9 Å². The van der Waals surface area contributed by atoms with Crippen LogP contribution in [0.1, 0.15) is 28.5 Å². The van der Waals surface area contributed by atoms with Crippen LogP contribution in [0.25, 0.3) is 10.9 Å². The number of rotatable bonds is 3. The van der Waals surface area contributed by atoms with E-state index in [1.54, 1.807) is 6.92 Å². The van der Waals surface area contributed by atoms with Crippen LogP contribution >= 0.6 is 0 Å². The van der Waals surface area contributed by atoms with Gasteiger partial charge in [-0.3, -0.25) is 9.59 Å². The molecule has 0 fully saturated rings. The van der Waals surface area contributed by atoms with Gasteiger partial charge in [0.25, 0.3) is 0 Å². The summed E-state index contributed by atoms with van der Waals surface area (Å²) in [6.07, 6.45) is 0.895. The predicted octanol–water partition coefficient (Wildman–Crippen LogP) is 3.74. The zero-order chi connectivity index (χ0) is 17.6. The van der Waals surface area contributed by atoms with Crippen LogP contribution < -0.4 is 4.90 Å². The van der Waals surface area contributed by atoms with Crippen molar-refractivity contribution < 1.29 is 9.59 Å². The van der Waals surface area contributed by atoms with Crippen molar-refractivity contribution in [1.82, 2.24) is 4.57 Å². The van der Waals surface area contributed by atoms with Gasteiger partial charge in [-0.25, -0.2) is 0 Å². The quantitative estimate of drug-likeness (QED) is 0.686. The molecule has 0 saturated heterocycles. The first-order valence-electron chi connectivity index (χ1n) is 8.55. The van der Waals surface area contributed by atoms with Gasteiger partial charge in [-0.1, -0.05) is 36.4 Å². The molecule has 3 aromatic rings. The number of carbonyl (C=O) groups is 2. The van der Waals surface area contributed by atoms with Gasteiger partial charge in [0, 0.05) is 34.4 Å². The molecule has 0 N–H and O–H groups in total. The lowest BCUT2D eigenvalue weighted by Gasteiger charge is -2.19. The lowest BCUT2D eigenvalue weighted by atomic mass is 10.1. The van der Waals surface area contributed by atoms with Crippen LogP contribution in [0.5, 0.6) is 0 Å². The fraction of sp³-hybridized carbons (Fsp3) is 0.238. The molecule has 2 aromatic carbocycles. The highest BCUT2D eigenvalue weighted by atomic mass is 16.2. The molecule has 1 amide bonds. The molecule has 25 heavy (non-hydrogen) atoms. The van der Waals surface area contributed by atoms with E-state index in [9.17, 15) is 9.59 Å². The number of carbonyl (C=O) groups excluding carboxylic acids is 2. The first-order valence-corrected chi connectivity index (χ1v) is 8.55. The molecule has 0 aliphatic carbocycles. The first kappa shape index (κ1) is 15.6. The molecule has 4 heteroatoms. The highest BCUT2D eigenvalue weighted by Crippen LogP contribution is 2.30. The minimum Gasteiger partial charge on any atom is -0.335 e. The maximum atomic E-state index is 13.0. The molecule has 0 bridgehead atoms. The summed E-state index contributed by atoms with van der Waals surface area (Å²) in [6, 6.07) is 15.8. The Balaban J connectivity index is 1.74. The molecule has 1 aliphatic rings. The SMILES string of the molecule is CC(=O)c1c(C)n(CC(=O)N2CCc3ccccc32)c2ccccc12. The lowest BCUT2D eigenvalue weighted by Crippen LogP contribution is -2.32. The zero-order valence-corrected chi connectivity index (χ0v) is 14.5. The van der Waals surface area contributed by atoms with Crippen LogP contribution in [0.15, 0.2) is 48.5 Å². The fourth-order valence-electron chi connectivity index (χ4n) is 3.90.